The number of fused-ring (bicyclic) bond motifs is 1. The van der Waals surface area contributed by atoms with Crippen LogP contribution in [0.3, 0.4) is 0 Å². The summed E-state index contributed by atoms with van der Waals surface area (Å²) in [4.78, 5) is 12.1. The van der Waals surface area contributed by atoms with Crippen molar-refractivity contribution in [2.24, 2.45) is 0 Å². The number of hydrogen-bond donors (Lipinski definition) is 1. The molecular weight excluding hydrogens is 254 g/mol. The largest absolute Gasteiger partial charge is 0.550 e. The quantitative estimate of drug-likeness (QED) is 0.761. The molecule has 0 amide bonds. The van der Waals surface area contributed by atoms with E-state index in [9.17, 15) is 0 Å². The lowest BCUT2D eigenvalue weighted by atomic mass is 10.3. The van der Waals surface area contributed by atoms with Gasteiger partial charge < -0.3 is 14.3 Å². The summed E-state index contributed by atoms with van der Waals surface area (Å²) in [6.07, 6.45) is 5.93. The first-order valence-corrected chi connectivity index (χ1v) is 6.14. The maximum Gasteiger partial charge on any atom is 0.301 e. The topological polar surface area (TPSA) is 70.7 Å². The third-order valence-corrected chi connectivity index (χ3v) is 2.54. The Morgan fingerprint density at radius 2 is 1.85 bits per heavy atom. The molecule has 0 fully saturated rings. The number of carbonyl (C=O) groups is 1. The fourth-order valence-electron chi connectivity index (χ4n) is 1.78. The molecule has 0 saturated carbocycles. The Balaban J connectivity index is 0.000000328. The molecule has 2 aromatic heterocycles. The molecule has 102 valence electrons. The number of aromatic amines is 1. The zero-order valence-corrected chi connectivity index (χ0v) is 11.0. The monoisotopic (exact) mass is 269 g/mol. The second kappa shape index (κ2) is 6.38. The third kappa shape index (κ3) is 3.58. The van der Waals surface area contributed by atoms with E-state index in [-0.39, 0.29) is 0 Å². The molecule has 2 N–H and O–H groups in total. The van der Waals surface area contributed by atoms with Crippen LogP contribution in [0.15, 0.2) is 61.1 Å². The smallest absolute Gasteiger partial charge is 0.301 e. The Kier molecular flexibility index (Phi) is 4.34. The molecule has 0 saturated heterocycles. The summed E-state index contributed by atoms with van der Waals surface area (Å²) in [6, 6.07) is 14.2. The van der Waals surface area contributed by atoms with E-state index in [0.29, 0.717) is 0 Å². The Labute approximate surface area is 116 Å². The number of nitrogens with zero attached hydrogens (tertiary/aromatic N) is 1. The summed E-state index contributed by atoms with van der Waals surface area (Å²) in [7, 11) is 0. The fourth-order valence-corrected chi connectivity index (χ4v) is 1.78. The third-order valence-electron chi connectivity index (χ3n) is 2.54. The number of para-hydroxylation sites is 1. The lowest BCUT2D eigenvalue weighted by Crippen LogP contribution is -2.16. The van der Waals surface area contributed by atoms with Gasteiger partial charge in [-0.2, -0.15) is 0 Å². The highest BCUT2D eigenvalue weighted by Gasteiger charge is 2.07. The van der Waals surface area contributed by atoms with Crippen molar-refractivity contribution in [3.05, 3.63) is 61.1 Å². The maximum absolute atomic E-state index is 8.89. The molecule has 0 aliphatic carbocycles. The van der Waals surface area contributed by atoms with Crippen molar-refractivity contribution >= 4 is 23.0 Å². The first kappa shape index (κ1) is 13.6. The predicted octanol–water partition coefficient (Wildman–Crippen LogP) is 1.25. The lowest BCUT2D eigenvalue weighted by molar-refractivity contribution is -0.360. The number of carboxylic acid groups (broad SMARTS) is 1. The molecule has 1 aromatic carbocycles. The molecule has 5 nitrogen and oxygen atoms in total. The molecule has 0 aliphatic heterocycles. The van der Waals surface area contributed by atoms with Crippen LogP contribution in [-0.2, 0) is 4.79 Å². The minimum Gasteiger partial charge on any atom is -0.550 e. The van der Waals surface area contributed by atoms with Crippen molar-refractivity contribution in [3.63, 3.8) is 0 Å². The molecule has 20 heavy (non-hydrogen) atoms. The Hall–Kier alpha value is -2.82. The number of rotatable bonds is 2. The van der Waals surface area contributed by atoms with E-state index in [4.69, 9.17) is 9.90 Å². The second-order valence-corrected chi connectivity index (χ2v) is 4.12. The minimum atomic E-state index is -1.08. The number of hydrogen-bond acceptors (Lipinski definition) is 3. The van der Waals surface area contributed by atoms with Gasteiger partial charge in [0.1, 0.15) is 17.4 Å². The van der Waals surface area contributed by atoms with Crippen LogP contribution >= 0.6 is 0 Å². The molecular formula is C15H15N3O2. The molecule has 0 radical (unpaired) electrons. The number of benzene rings is 1. The van der Waals surface area contributed by atoms with E-state index in [1.807, 2.05) is 55.0 Å². The zero-order valence-electron chi connectivity index (χ0n) is 11.0. The number of aromatic nitrogens is 2. The first-order valence-electron chi connectivity index (χ1n) is 6.14. The van der Waals surface area contributed by atoms with E-state index in [1.165, 1.54) is 0 Å². The van der Waals surface area contributed by atoms with Gasteiger partial charge in [0.05, 0.1) is 0 Å². The molecule has 0 aliphatic rings. The molecule has 0 spiro atoms. The highest BCUT2D eigenvalue weighted by molar-refractivity contribution is 5.70. The van der Waals surface area contributed by atoms with Crippen LogP contribution in [0.1, 0.15) is 6.92 Å². The number of carbonyl (C=O) groups excluding carboxylic acids is 1. The predicted molar refractivity (Wildman–Crippen MR) is 74.4 cm³/mol. The van der Waals surface area contributed by atoms with Gasteiger partial charge >= 0.3 is 5.82 Å². The molecule has 0 unspecified atom stereocenters. The van der Waals surface area contributed by atoms with Crippen LogP contribution in [0.2, 0.25) is 0 Å². The van der Waals surface area contributed by atoms with Crippen LogP contribution in [0.25, 0.3) is 5.52 Å². The maximum atomic E-state index is 8.89. The molecule has 3 rings (SSSR count). The highest BCUT2D eigenvalue weighted by atomic mass is 16.4. The Bertz CT molecular complexity index is 688. The van der Waals surface area contributed by atoms with E-state index in [2.05, 4.69) is 20.8 Å². The summed E-state index contributed by atoms with van der Waals surface area (Å²) in [5.41, 5.74) is 2.21. The number of aliphatic carboxylic acids is 1. The summed E-state index contributed by atoms with van der Waals surface area (Å²) in [5.74, 6) is -0.0845. The van der Waals surface area contributed by atoms with Gasteiger partial charge in [0, 0.05) is 18.4 Å². The van der Waals surface area contributed by atoms with E-state index in [0.717, 1.165) is 23.9 Å². The molecule has 3 aromatic rings. The summed E-state index contributed by atoms with van der Waals surface area (Å²) in [5, 5.41) is 12.2. The lowest BCUT2D eigenvalue weighted by Gasteiger charge is -2.00. The normalized spacial score (nSPS) is 9.65. The average molecular weight is 269 g/mol. The Morgan fingerprint density at radius 3 is 2.55 bits per heavy atom. The van der Waals surface area contributed by atoms with Gasteiger partial charge in [0.25, 0.3) is 0 Å². The first-order chi connectivity index (χ1) is 9.66. The van der Waals surface area contributed by atoms with Crippen LogP contribution in [-0.4, -0.2) is 10.4 Å². The molecule has 2 heterocycles. The summed E-state index contributed by atoms with van der Waals surface area (Å²) >= 11 is 0. The molecule has 0 atom stereocenters. The van der Waals surface area contributed by atoms with Gasteiger partial charge in [-0.3, -0.25) is 0 Å². The molecule has 5 heteroatoms. The van der Waals surface area contributed by atoms with Crippen molar-refractivity contribution in [2.75, 3.05) is 5.32 Å². The van der Waals surface area contributed by atoms with Gasteiger partial charge in [0.15, 0.2) is 0 Å². The van der Waals surface area contributed by atoms with Crippen LogP contribution in [0, 0.1) is 0 Å². The van der Waals surface area contributed by atoms with Crippen LogP contribution in [0.5, 0.6) is 0 Å². The van der Waals surface area contributed by atoms with Crippen molar-refractivity contribution in [3.8, 4) is 0 Å². The van der Waals surface area contributed by atoms with Crippen LogP contribution < -0.4 is 15.4 Å². The summed E-state index contributed by atoms with van der Waals surface area (Å²) < 4.78 is 2.07. The van der Waals surface area contributed by atoms with E-state index >= 15 is 0 Å². The van der Waals surface area contributed by atoms with Crippen molar-refractivity contribution < 1.29 is 14.9 Å². The standard InChI is InChI=1S/C13H11N3.C2H4O2/c1-2-5-11(6-3-1)15-13-12-7-4-9-16(12)10-8-14-13;1-2(3)4/h1-10H,(H,14,15);1H3,(H,3,4). The number of carboxylic acids is 1. The van der Waals surface area contributed by atoms with Crippen molar-refractivity contribution in [1.82, 2.24) is 4.40 Å². The van der Waals surface area contributed by atoms with E-state index in [1.54, 1.807) is 0 Å². The molecule has 0 bridgehead atoms. The SMILES string of the molecule is CC(=O)[O-].c1ccc(Nc2[nH+]ccn3cccc23)cc1. The van der Waals surface area contributed by atoms with Gasteiger partial charge in [-0.05, 0) is 31.2 Å². The van der Waals surface area contributed by atoms with Gasteiger partial charge in [-0.15, -0.1) is 0 Å². The van der Waals surface area contributed by atoms with Gasteiger partial charge in [-0.1, -0.05) is 18.2 Å². The zero-order chi connectivity index (χ0) is 14.4. The minimum absolute atomic E-state index is 0.972. The Morgan fingerprint density at radius 1 is 1.15 bits per heavy atom. The second-order valence-electron chi connectivity index (χ2n) is 4.12. The van der Waals surface area contributed by atoms with Gasteiger partial charge in [0.2, 0.25) is 0 Å². The summed E-state index contributed by atoms with van der Waals surface area (Å²) in [6.45, 7) is 0.972. The van der Waals surface area contributed by atoms with Gasteiger partial charge in [-0.25, -0.2) is 10.3 Å². The average Bonchev–Trinajstić information content (AvgIpc) is 2.89. The highest BCUT2D eigenvalue weighted by Crippen LogP contribution is 2.16. The van der Waals surface area contributed by atoms with Crippen LogP contribution in [0.4, 0.5) is 11.5 Å². The van der Waals surface area contributed by atoms with E-state index < -0.39 is 5.97 Å². The number of anilines is 2. The number of nitrogens with one attached hydrogen (secondary N) is 2. The fraction of sp³-hybridized carbons (Fsp3) is 0.0667. The van der Waals surface area contributed by atoms with Crippen molar-refractivity contribution in [1.29, 1.82) is 0 Å². The number of H-pyrrole nitrogens is 1. The van der Waals surface area contributed by atoms with Crippen molar-refractivity contribution in [2.45, 2.75) is 6.92 Å².